The van der Waals surface area contributed by atoms with Crippen LogP contribution in [-0.2, 0) is 6.42 Å². The Kier molecular flexibility index (Phi) is 3.66. The lowest BCUT2D eigenvalue weighted by atomic mass is 9.78. The number of carbonyl (C=O) groups is 1. The number of hydrogen-bond acceptors (Lipinski definition) is 3. The van der Waals surface area contributed by atoms with Crippen molar-refractivity contribution >= 4 is 5.97 Å². The first-order chi connectivity index (χ1) is 10.8. The van der Waals surface area contributed by atoms with Crippen LogP contribution in [0, 0.1) is 5.92 Å². The summed E-state index contributed by atoms with van der Waals surface area (Å²) in [4.78, 5) is 11.7. The van der Waals surface area contributed by atoms with Crippen LogP contribution >= 0.6 is 0 Å². The van der Waals surface area contributed by atoms with Crippen LogP contribution in [0.15, 0.2) is 17.7 Å². The predicted molar refractivity (Wildman–Crippen MR) is 88.4 cm³/mol. The average Bonchev–Trinajstić information content (AvgIpc) is 2.90. The van der Waals surface area contributed by atoms with E-state index in [4.69, 9.17) is 4.74 Å². The summed E-state index contributed by atoms with van der Waals surface area (Å²) in [6.45, 7) is 8.27. The van der Waals surface area contributed by atoms with Crippen molar-refractivity contribution in [3.63, 3.8) is 0 Å². The van der Waals surface area contributed by atoms with Crippen molar-refractivity contribution in [3.05, 3.63) is 34.4 Å². The monoisotopic (exact) mass is 316 g/mol. The van der Waals surface area contributed by atoms with Gasteiger partial charge in [-0.05, 0) is 43.4 Å². The molecule has 1 aliphatic heterocycles. The molecule has 4 heteroatoms. The Morgan fingerprint density at radius 3 is 2.74 bits per heavy atom. The van der Waals surface area contributed by atoms with Gasteiger partial charge >= 0.3 is 5.97 Å². The number of fused-ring (bicyclic) bond motifs is 3. The Bertz CT molecular complexity index is 702. The highest BCUT2D eigenvalue weighted by Gasteiger charge is 2.54. The van der Waals surface area contributed by atoms with Gasteiger partial charge in [0.05, 0.1) is 0 Å². The zero-order valence-electron chi connectivity index (χ0n) is 14.1. The molecule has 0 saturated carbocycles. The highest BCUT2D eigenvalue weighted by Crippen LogP contribution is 2.59. The van der Waals surface area contributed by atoms with Crippen molar-refractivity contribution in [3.8, 4) is 11.5 Å². The fraction of sp³-hybridized carbons (Fsp3) is 0.526. The minimum atomic E-state index is -1.07. The molecule has 1 aromatic carbocycles. The van der Waals surface area contributed by atoms with Crippen LogP contribution in [0.25, 0.3) is 0 Å². The molecule has 0 radical (unpaired) electrons. The Labute approximate surface area is 136 Å². The molecular formula is C19H24O4. The van der Waals surface area contributed by atoms with E-state index in [1.165, 1.54) is 5.57 Å². The number of benzene rings is 1. The smallest absolute Gasteiger partial charge is 0.339 e. The summed E-state index contributed by atoms with van der Waals surface area (Å²) in [5.74, 6) is -0.295. The zero-order chi connectivity index (χ0) is 16.9. The van der Waals surface area contributed by atoms with E-state index in [0.29, 0.717) is 23.3 Å². The third-order valence-electron chi connectivity index (χ3n) is 5.20. The van der Waals surface area contributed by atoms with E-state index < -0.39 is 11.6 Å². The number of allylic oxidation sites excluding steroid dienone is 1. The van der Waals surface area contributed by atoms with Gasteiger partial charge in [0, 0.05) is 11.5 Å². The fourth-order valence-corrected chi connectivity index (χ4v) is 4.17. The summed E-state index contributed by atoms with van der Waals surface area (Å²) in [7, 11) is 0. The van der Waals surface area contributed by atoms with Crippen LogP contribution in [-0.4, -0.2) is 21.8 Å². The van der Waals surface area contributed by atoms with Crippen LogP contribution in [0.1, 0.15) is 67.9 Å². The van der Waals surface area contributed by atoms with Gasteiger partial charge < -0.3 is 14.9 Å². The van der Waals surface area contributed by atoms with Crippen LogP contribution in [0.2, 0.25) is 0 Å². The summed E-state index contributed by atoms with van der Waals surface area (Å²) in [5, 5.41) is 20.3. The Morgan fingerprint density at radius 1 is 1.48 bits per heavy atom. The van der Waals surface area contributed by atoms with Crippen molar-refractivity contribution in [2.75, 3.05) is 0 Å². The quantitative estimate of drug-likeness (QED) is 0.814. The molecule has 0 fully saturated rings. The van der Waals surface area contributed by atoms with Crippen molar-refractivity contribution in [2.45, 2.75) is 58.5 Å². The van der Waals surface area contributed by atoms with Crippen LogP contribution in [0.4, 0.5) is 0 Å². The van der Waals surface area contributed by atoms with Crippen molar-refractivity contribution < 1.29 is 19.7 Å². The number of ether oxygens (including phenoxy) is 1. The largest absolute Gasteiger partial charge is 0.507 e. The number of carboxylic acids is 1. The van der Waals surface area contributed by atoms with Gasteiger partial charge in [0.25, 0.3) is 0 Å². The number of hydrogen-bond donors (Lipinski definition) is 2. The Morgan fingerprint density at radius 2 is 2.17 bits per heavy atom. The first-order valence-electron chi connectivity index (χ1n) is 8.31. The van der Waals surface area contributed by atoms with Crippen LogP contribution in [0.3, 0.4) is 0 Å². The number of phenols is 1. The SMILES string of the molecule is CCCc1cc2c(c(O)c1C(=O)O)C1CC(C)=CC1(C(C)C)O2. The maximum atomic E-state index is 11.7. The normalized spacial score (nSPS) is 25.1. The molecule has 2 N–H and O–H groups in total. The van der Waals surface area contributed by atoms with E-state index in [0.717, 1.165) is 12.8 Å². The standard InChI is InChI=1S/C19H24O4/c1-5-6-12-8-14-16(17(20)15(12)18(21)22)13-7-11(4)9-19(13,23-14)10(2)3/h8-10,13,20H,5-7H2,1-4H3,(H,21,22). The van der Waals surface area contributed by atoms with Crippen molar-refractivity contribution in [1.29, 1.82) is 0 Å². The third-order valence-corrected chi connectivity index (χ3v) is 5.20. The lowest BCUT2D eigenvalue weighted by molar-refractivity contribution is 0.0692. The number of aromatic hydroxyl groups is 1. The van der Waals surface area contributed by atoms with Gasteiger partial charge in [0.15, 0.2) is 0 Å². The molecule has 2 atom stereocenters. The average molecular weight is 316 g/mol. The molecule has 23 heavy (non-hydrogen) atoms. The number of carboxylic acid groups (broad SMARTS) is 1. The Hall–Kier alpha value is -1.97. The van der Waals surface area contributed by atoms with Gasteiger partial charge in [0.2, 0.25) is 0 Å². The molecule has 2 aliphatic rings. The molecule has 4 nitrogen and oxygen atoms in total. The number of rotatable bonds is 4. The first-order valence-corrected chi connectivity index (χ1v) is 8.31. The van der Waals surface area contributed by atoms with E-state index in [1.54, 1.807) is 0 Å². The van der Waals surface area contributed by atoms with E-state index in [-0.39, 0.29) is 23.1 Å². The maximum absolute atomic E-state index is 11.7. The molecule has 0 saturated heterocycles. The summed E-state index contributed by atoms with van der Waals surface area (Å²) in [6.07, 6.45) is 4.38. The fourth-order valence-electron chi connectivity index (χ4n) is 4.17. The molecule has 1 aromatic rings. The van der Waals surface area contributed by atoms with E-state index in [2.05, 4.69) is 26.8 Å². The highest BCUT2D eigenvalue weighted by atomic mass is 16.5. The van der Waals surface area contributed by atoms with Gasteiger partial charge in [-0.25, -0.2) is 4.79 Å². The zero-order valence-corrected chi connectivity index (χ0v) is 14.1. The van der Waals surface area contributed by atoms with E-state index in [1.807, 2.05) is 13.0 Å². The van der Waals surface area contributed by atoms with E-state index in [9.17, 15) is 15.0 Å². The second kappa shape index (κ2) is 5.29. The molecule has 1 aliphatic carbocycles. The molecule has 2 unspecified atom stereocenters. The lowest BCUT2D eigenvalue weighted by Crippen LogP contribution is -2.38. The molecule has 0 aromatic heterocycles. The summed E-state index contributed by atoms with van der Waals surface area (Å²) >= 11 is 0. The van der Waals surface area contributed by atoms with Crippen molar-refractivity contribution in [2.24, 2.45) is 5.92 Å². The summed E-state index contributed by atoms with van der Waals surface area (Å²) < 4.78 is 6.32. The second-order valence-corrected chi connectivity index (χ2v) is 7.08. The van der Waals surface area contributed by atoms with E-state index >= 15 is 0 Å². The van der Waals surface area contributed by atoms with Gasteiger partial charge in [-0.3, -0.25) is 0 Å². The molecule has 0 bridgehead atoms. The predicted octanol–water partition coefficient (Wildman–Crippen LogP) is 4.26. The van der Waals surface area contributed by atoms with Gasteiger partial charge in [-0.2, -0.15) is 0 Å². The lowest BCUT2D eigenvalue weighted by Gasteiger charge is -2.31. The molecule has 3 rings (SSSR count). The maximum Gasteiger partial charge on any atom is 0.339 e. The first kappa shape index (κ1) is 15.9. The molecule has 0 spiro atoms. The highest BCUT2D eigenvalue weighted by molar-refractivity contribution is 5.94. The second-order valence-electron chi connectivity index (χ2n) is 7.08. The number of aromatic carboxylic acids is 1. The molecule has 0 amide bonds. The van der Waals surface area contributed by atoms with Gasteiger partial charge in [-0.1, -0.05) is 32.8 Å². The molecule has 1 heterocycles. The molecular weight excluding hydrogens is 292 g/mol. The summed E-state index contributed by atoms with van der Waals surface area (Å²) in [5.41, 5.74) is 2.12. The third kappa shape index (κ3) is 2.15. The van der Waals surface area contributed by atoms with Crippen molar-refractivity contribution in [1.82, 2.24) is 0 Å². The Balaban J connectivity index is 2.21. The number of aryl methyl sites for hydroxylation is 1. The summed E-state index contributed by atoms with van der Waals surface area (Å²) in [6, 6.07) is 1.83. The minimum absolute atomic E-state index is 0.00808. The van der Waals surface area contributed by atoms with Crippen LogP contribution in [0.5, 0.6) is 11.5 Å². The molecule has 124 valence electrons. The minimum Gasteiger partial charge on any atom is -0.507 e. The van der Waals surface area contributed by atoms with Gasteiger partial charge in [-0.15, -0.1) is 0 Å². The van der Waals surface area contributed by atoms with Crippen LogP contribution < -0.4 is 4.74 Å². The topological polar surface area (TPSA) is 66.8 Å². The van der Waals surface area contributed by atoms with Gasteiger partial charge in [0.1, 0.15) is 22.7 Å².